The van der Waals surface area contributed by atoms with Crippen LogP contribution in [0.25, 0.3) is 0 Å². The molecule has 1 amide bonds. The second kappa shape index (κ2) is 4.09. The highest BCUT2D eigenvalue weighted by atomic mass is 32.1. The lowest BCUT2D eigenvalue weighted by Gasteiger charge is -2.22. The molecule has 0 spiro atoms. The highest BCUT2D eigenvalue weighted by Gasteiger charge is 2.69. The van der Waals surface area contributed by atoms with Crippen molar-refractivity contribution in [2.24, 2.45) is 16.7 Å². The Labute approximate surface area is 126 Å². The van der Waals surface area contributed by atoms with Gasteiger partial charge < -0.3 is 4.90 Å². The van der Waals surface area contributed by atoms with E-state index >= 15 is 0 Å². The molecule has 1 aromatic rings. The van der Waals surface area contributed by atoms with E-state index in [9.17, 15) is 4.79 Å². The normalized spacial score (nSPS) is 23.7. The topological polar surface area (TPSA) is 20.3 Å². The monoisotopic (exact) mass is 291 g/mol. The fourth-order valence-corrected chi connectivity index (χ4v) is 4.53. The Morgan fingerprint density at radius 3 is 2.10 bits per heavy atom. The average molecular weight is 291 g/mol. The van der Waals surface area contributed by atoms with Crippen molar-refractivity contribution in [3.63, 3.8) is 0 Å². The van der Waals surface area contributed by atoms with Crippen LogP contribution in [0.1, 0.15) is 51.0 Å². The van der Waals surface area contributed by atoms with Gasteiger partial charge in [-0.2, -0.15) is 0 Å². The van der Waals surface area contributed by atoms with Crippen LogP contribution in [0, 0.1) is 30.6 Å². The molecule has 2 fully saturated rings. The van der Waals surface area contributed by atoms with E-state index in [0.717, 1.165) is 17.8 Å². The molecule has 0 N–H and O–H groups in total. The highest BCUT2D eigenvalue weighted by Crippen LogP contribution is 2.69. The summed E-state index contributed by atoms with van der Waals surface area (Å²) in [6.45, 7) is 13.2. The Hall–Kier alpha value is -0.830. The Morgan fingerprint density at radius 2 is 1.75 bits per heavy atom. The van der Waals surface area contributed by atoms with Crippen molar-refractivity contribution in [3.8, 4) is 0 Å². The largest absolute Gasteiger partial charge is 0.300 e. The number of nitrogens with zero attached hydrogens (tertiary/aromatic N) is 1. The van der Waals surface area contributed by atoms with Crippen LogP contribution in [0.3, 0.4) is 0 Å². The smallest absolute Gasteiger partial charge is 0.232 e. The van der Waals surface area contributed by atoms with Crippen molar-refractivity contribution in [3.05, 3.63) is 16.5 Å². The van der Waals surface area contributed by atoms with Gasteiger partial charge in [0.25, 0.3) is 0 Å². The van der Waals surface area contributed by atoms with Crippen molar-refractivity contribution in [1.29, 1.82) is 0 Å². The molecule has 1 aromatic heterocycles. The summed E-state index contributed by atoms with van der Waals surface area (Å²) in [7, 11) is 0. The van der Waals surface area contributed by atoms with E-state index in [1.54, 1.807) is 11.3 Å². The first-order chi connectivity index (χ1) is 9.18. The van der Waals surface area contributed by atoms with Crippen LogP contribution in [-0.2, 0) is 4.79 Å². The minimum Gasteiger partial charge on any atom is -0.300 e. The zero-order valence-electron chi connectivity index (χ0n) is 13.4. The lowest BCUT2D eigenvalue weighted by Crippen LogP contribution is -2.35. The average Bonchev–Trinajstić information content (AvgIpc) is 3.14. The third-order valence-corrected chi connectivity index (χ3v) is 6.96. The first-order valence-electron chi connectivity index (χ1n) is 7.58. The molecule has 0 atom stereocenters. The summed E-state index contributed by atoms with van der Waals surface area (Å²) in [6, 6.07) is 2.64. The second-order valence-corrected chi connectivity index (χ2v) is 8.87. The SMILES string of the molecule is Cc1cc(N(C(=O)C2C(C)(C)C2(C)C)C2CC2)sc1C. The first-order valence-corrected chi connectivity index (χ1v) is 8.39. The quantitative estimate of drug-likeness (QED) is 0.800. The molecule has 0 aliphatic heterocycles. The van der Waals surface area contributed by atoms with E-state index in [-0.39, 0.29) is 16.7 Å². The van der Waals surface area contributed by atoms with E-state index in [0.29, 0.717) is 11.9 Å². The molecule has 3 rings (SSSR count). The van der Waals surface area contributed by atoms with E-state index in [2.05, 4.69) is 52.5 Å². The number of aryl methyl sites for hydroxylation is 2. The number of hydrogen-bond acceptors (Lipinski definition) is 2. The maximum absolute atomic E-state index is 13.1. The molecule has 20 heavy (non-hydrogen) atoms. The minimum atomic E-state index is 0.124. The number of amides is 1. The van der Waals surface area contributed by atoms with Gasteiger partial charge >= 0.3 is 0 Å². The van der Waals surface area contributed by atoms with Gasteiger partial charge in [0.2, 0.25) is 5.91 Å². The summed E-state index contributed by atoms with van der Waals surface area (Å²) >= 11 is 1.77. The number of anilines is 1. The predicted molar refractivity (Wildman–Crippen MR) is 85.4 cm³/mol. The molecule has 0 unspecified atom stereocenters. The fourth-order valence-electron chi connectivity index (χ4n) is 3.43. The Kier molecular flexibility index (Phi) is 2.89. The summed E-state index contributed by atoms with van der Waals surface area (Å²) in [4.78, 5) is 16.5. The molecular weight excluding hydrogens is 266 g/mol. The minimum absolute atomic E-state index is 0.124. The Balaban J connectivity index is 1.91. The molecule has 0 saturated heterocycles. The van der Waals surface area contributed by atoms with E-state index < -0.39 is 0 Å². The molecule has 2 aliphatic rings. The summed E-state index contributed by atoms with van der Waals surface area (Å²) in [5.74, 6) is 0.516. The van der Waals surface area contributed by atoms with Crippen LogP contribution in [0.15, 0.2) is 6.07 Å². The van der Waals surface area contributed by atoms with Crippen molar-refractivity contribution in [1.82, 2.24) is 0 Å². The highest BCUT2D eigenvalue weighted by molar-refractivity contribution is 7.16. The summed E-state index contributed by atoms with van der Waals surface area (Å²) in [5.41, 5.74) is 1.55. The third kappa shape index (κ3) is 1.86. The van der Waals surface area contributed by atoms with Gasteiger partial charge in [-0.25, -0.2) is 0 Å². The molecule has 0 aromatic carbocycles. The van der Waals surface area contributed by atoms with E-state index in [1.165, 1.54) is 10.4 Å². The van der Waals surface area contributed by atoms with Gasteiger partial charge in [-0.1, -0.05) is 27.7 Å². The maximum Gasteiger partial charge on any atom is 0.232 e. The molecule has 2 saturated carbocycles. The number of carbonyl (C=O) groups excluding carboxylic acids is 1. The van der Waals surface area contributed by atoms with Crippen molar-refractivity contribution < 1.29 is 4.79 Å². The number of thiophene rings is 1. The molecule has 2 aliphatic carbocycles. The van der Waals surface area contributed by atoms with Gasteiger partial charge in [0.05, 0.1) is 5.00 Å². The summed E-state index contributed by atoms with van der Waals surface area (Å²) in [6.07, 6.45) is 2.32. The van der Waals surface area contributed by atoms with Crippen LogP contribution in [0.2, 0.25) is 0 Å². The molecular formula is C17H25NOS. The van der Waals surface area contributed by atoms with Crippen LogP contribution >= 0.6 is 11.3 Å². The number of carbonyl (C=O) groups is 1. The molecule has 0 bridgehead atoms. The van der Waals surface area contributed by atoms with Crippen LogP contribution < -0.4 is 4.90 Å². The Bertz CT molecular complexity index is 532. The van der Waals surface area contributed by atoms with Gasteiger partial charge in [-0.3, -0.25) is 4.79 Å². The van der Waals surface area contributed by atoms with Crippen LogP contribution in [-0.4, -0.2) is 11.9 Å². The standard InChI is InChI=1S/C17H25NOS/c1-10-9-13(20-11(10)2)18(12-7-8-12)15(19)14-16(3,4)17(14,5)6/h9,12,14H,7-8H2,1-6H3. The first kappa shape index (κ1) is 14.1. The Morgan fingerprint density at radius 1 is 1.20 bits per heavy atom. The van der Waals surface area contributed by atoms with Crippen molar-refractivity contribution >= 4 is 22.2 Å². The maximum atomic E-state index is 13.1. The molecule has 1 heterocycles. The molecule has 0 radical (unpaired) electrons. The van der Waals surface area contributed by atoms with Crippen molar-refractivity contribution in [2.45, 2.75) is 60.4 Å². The zero-order valence-corrected chi connectivity index (χ0v) is 14.2. The summed E-state index contributed by atoms with van der Waals surface area (Å²) in [5, 5.41) is 1.16. The van der Waals surface area contributed by atoms with E-state index in [4.69, 9.17) is 0 Å². The van der Waals surface area contributed by atoms with Gasteiger partial charge in [0.15, 0.2) is 0 Å². The number of rotatable bonds is 3. The van der Waals surface area contributed by atoms with Gasteiger partial charge in [0, 0.05) is 16.8 Å². The fraction of sp³-hybridized carbons (Fsp3) is 0.706. The predicted octanol–water partition coefficient (Wildman–Crippen LogP) is 4.54. The van der Waals surface area contributed by atoms with E-state index in [1.807, 2.05) is 0 Å². The van der Waals surface area contributed by atoms with Crippen LogP contribution in [0.5, 0.6) is 0 Å². The second-order valence-electron chi connectivity index (χ2n) is 7.64. The lowest BCUT2D eigenvalue weighted by molar-refractivity contribution is -0.121. The van der Waals surface area contributed by atoms with Gasteiger partial charge in [-0.15, -0.1) is 11.3 Å². The summed E-state index contributed by atoms with van der Waals surface area (Å²) < 4.78 is 0. The van der Waals surface area contributed by atoms with Crippen molar-refractivity contribution in [2.75, 3.05) is 4.90 Å². The van der Waals surface area contributed by atoms with Gasteiger partial charge in [-0.05, 0) is 49.1 Å². The molecule has 110 valence electrons. The van der Waals surface area contributed by atoms with Crippen LogP contribution in [0.4, 0.5) is 5.00 Å². The lowest BCUT2D eigenvalue weighted by atomic mass is 10.0. The van der Waals surface area contributed by atoms with Gasteiger partial charge in [0.1, 0.15) is 0 Å². The third-order valence-electron chi connectivity index (χ3n) is 5.81. The molecule has 3 heteroatoms. The molecule has 2 nitrogen and oxygen atoms in total. The zero-order chi connectivity index (χ0) is 14.9. The number of hydrogen-bond donors (Lipinski definition) is 0.